The number of carbonyl (C=O) groups is 1. The second-order valence-corrected chi connectivity index (χ2v) is 5.09. The normalized spacial score (nSPS) is 13.1. The lowest BCUT2D eigenvalue weighted by Crippen LogP contribution is -2.29. The third-order valence-corrected chi connectivity index (χ3v) is 3.37. The maximum Gasteiger partial charge on any atom is 0.389 e. The lowest BCUT2D eigenvalue weighted by Gasteiger charge is -2.13. The standard InChI is InChI=1S/C13H16F3NO2S/c1-20-10-4-2-9(3-5-10)11(18)8-17-12(19)6-7-13(14,15)16/h2-5,11,18H,6-8H2,1H3,(H,17,19). The van der Waals surface area contributed by atoms with Gasteiger partial charge in [0.05, 0.1) is 12.5 Å². The van der Waals surface area contributed by atoms with Crippen LogP contribution in [0.3, 0.4) is 0 Å². The van der Waals surface area contributed by atoms with Crippen molar-refractivity contribution in [2.24, 2.45) is 0 Å². The van der Waals surface area contributed by atoms with Crippen molar-refractivity contribution in [1.29, 1.82) is 0 Å². The van der Waals surface area contributed by atoms with Gasteiger partial charge in [-0.25, -0.2) is 0 Å². The topological polar surface area (TPSA) is 49.3 Å². The Hall–Kier alpha value is -1.21. The molecule has 3 nitrogen and oxygen atoms in total. The fourth-order valence-electron chi connectivity index (χ4n) is 1.50. The Balaban J connectivity index is 2.38. The fourth-order valence-corrected chi connectivity index (χ4v) is 1.91. The summed E-state index contributed by atoms with van der Waals surface area (Å²) in [6, 6.07) is 7.10. The molecule has 2 N–H and O–H groups in total. The first-order valence-corrected chi connectivity index (χ1v) is 7.20. The molecule has 0 fully saturated rings. The quantitative estimate of drug-likeness (QED) is 0.795. The average molecular weight is 307 g/mol. The zero-order valence-corrected chi connectivity index (χ0v) is 11.7. The van der Waals surface area contributed by atoms with Gasteiger partial charge in [-0.2, -0.15) is 13.2 Å². The molecule has 0 aliphatic heterocycles. The van der Waals surface area contributed by atoms with Gasteiger partial charge in [0.2, 0.25) is 5.91 Å². The van der Waals surface area contributed by atoms with Crippen LogP contribution in [0.25, 0.3) is 0 Å². The molecule has 112 valence electrons. The first kappa shape index (κ1) is 16.8. The summed E-state index contributed by atoms with van der Waals surface area (Å²) in [6.45, 7) is -0.102. The summed E-state index contributed by atoms with van der Waals surface area (Å²) in [7, 11) is 0. The van der Waals surface area contributed by atoms with Gasteiger partial charge in [-0.05, 0) is 24.0 Å². The zero-order chi connectivity index (χ0) is 15.2. The van der Waals surface area contributed by atoms with E-state index in [0.717, 1.165) is 4.90 Å². The Morgan fingerprint density at radius 2 is 1.95 bits per heavy atom. The highest BCUT2D eigenvalue weighted by molar-refractivity contribution is 7.98. The second kappa shape index (κ2) is 7.54. The van der Waals surface area contributed by atoms with Crippen LogP contribution in [0.5, 0.6) is 0 Å². The Morgan fingerprint density at radius 1 is 1.35 bits per heavy atom. The molecule has 0 aliphatic carbocycles. The van der Waals surface area contributed by atoms with E-state index in [9.17, 15) is 23.1 Å². The number of nitrogens with one attached hydrogen (secondary N) is 1. The molecule has 0 radical (unpaired) electrons. The molecular formula is C13H16F3NO2S. The van der Waals surface area contributed by atoms with Gasteiger partial charge in [0.1, 0.15) is 0 Å². The van der Waals surface area contributed by atoms with E-state index in [4.69, 9.17) is 0 Å². The van der Waals surface area contributed by atoms with Crippen LogP contribution in [0.1, 0.15) is 24.5 Å². The van der Waals surface area contributed by atoms with Crippen molar-refractivity contribution < 1.29 is 23.1 Å². The summed E-state index contributed by atoms with van der Waals surface area (Å²) in [6.07, 6.45) is -5.13. The number of alkyl halides is 3. The van der Waals surface area contributed by atoms with Crippen LogP contribution in [-0.4, -0.2) is 30.0 Å². The van der Waals surface area contributed by atoms with Crippen LogP contribution in [0.15, 0.2) is 29.2 Å². The van der Waals surface area contributed by atoms with E-state index in [1.807, 2.05) is 18.4 Å². The number of hydrogen-bond donors (Lipinski definition) is 2. The first-order chi connectivity index (χ1) is 9.31. The SMILES string of the molecule is CSc1ccc(C(O)CNC(=O)CCC(F)(F)F)cc1. The summed E-state index contributed by atoms with van der Waals surface area (Å²) in [5, 5.41) is 12.1. The van der Waals surface area contributed by atoms with E-state index >= 15 is 0 Å². The molecule has 0 heterocycles. The third-order valence-electron chi connectivity index (χ3n) is 2.63. The van der Waals surface area contributed by atoms with Gasteiger partial charge in [-0.3, -0.25) is 4.79 Å². The van der Waals surface area contributed by atoms with Crippen LogP contribution in [0.4, 0.5) is 13.2 Å². The van der Waals surface area contributed by atoms with Crippen molar-refractivity contribution in [3.05, 3.63) is 29.8 Å². The van der Waals surface area contributed by atoms with Gasteiger partial charge in [0.25, 0.3) is 0 Å². The van der Waals surface area contributed by atoms with Crippen molar-refractivity contribution in [3.63, 3.8) is 0 Å². The smallest absolute Gasteiger partial charge is 0.387 e. The van der Waals surface area contributed by atoms with E-state index in [2.05, 4.69) is 5.32 Å². The Labute approximate surface area is 119 Å². The molecule has 0 aliphatic rings. The summed E-state index contributed by atoms with van der Waals surface area (Å²) in [5.41, 5.74) is 0.610. The molecular weight excluding hydrogens is 291 g/mol. The van der Waals surface area contributed by atoms with E-state index in [1.165, 1.54) is 0 Å². The summed E-state index contributed by atoms with van der Waals surface area (Å²) >= 11 is 1.56. The highest BCUT2D eigenvalue weighted by Crippen LogP contribution is 2.21. The second-order valence-electron chi connectivity index (χ2n) is 4.21. The van der Waals surface area contributed by atoms with Crippen molar-refractivity contribution in [2.45, 2.75) is 30.0 Å². The number of carbonyl (C=O) groups excluding carboxylic acids is 1. The average Bonchev–Trinajstić information content (AvgIpc) is 2.41. The van der Waals surface area contributed by atoms with Crippen molar-refractivity contribution >= 4 is 17.7 Å². The minimum absolute atomic E-state index is 0.102. The molecule has 1 aromatic rings. The molecule has 1 atom stereocenters. The molecule has 1 amide bonds. The van der Waals surface area contributed by atoms with E-state index < -0.39 is 31.0 Å². The lowest BCUT2D eigenvalue weighted by atomic mass is 10.1. The molecule has 7 heteroatoms. The highest BCUT2D eigenvalue weighted by atomic mass is 32.2. The minimum atomic E-state index is -4.34. The fraction of sp³-hybridized carbons (Fsp3) is 0.462. The number of aliphatic hydroxyl groups excluding tert-OH is 1. The Morgan fingerprint density at radius 3 is 2.45 bits per heavy atom. The van der Waals surface area contributed by atoms with Crippen molar-refractivity contribution in [3.8, 4) is 0 Å². The Bertz CT molecular complexity index is 434. The van der Waals surface area contributed by atoms with Crippen molar-refractivity contribution in [2.75, 3.05) is 12.8 Å². The van der Waals surface area contributed by atoms with Gasteiger partial charge in [-0.1, -0.05) is 12.1 Å². The number of amides is 1. The third kappa shape index (κ3) is 6.29. The molecule has 0 spiro atoms. The van der Waals surface area contributed by atoms with Gasteiger partial charge >= 0.3 is 6.18 Å². The molecule has 1 unspecified atom stereocenters. The monoisotopic (exact) mass is 307 g/mol. The number of rotatable bonds is 6. The van der Waals surface area contributed by atoms with Crippen LogP contribution in [0, 0.1) is 0 Å². The van der Waals surface area contributed by atoms with Crippen LogP contribution in [0.2, 0.25) is 0 Å². The number of aliphatic hydroxyl groups is 1. The van der Waals surface area contributed by atoms with Gasteiger partial charge < -0.3 is 10.4 Å². The molecule has 0 aromatic heterocycles. The summed E-state index contributed by atoms with van der Waals surface area (Å²) in [5.74, 6) is -0.720. The predicted molar refractivity (Wildman–Crippen MR) is 71.5 cm³/mol. The van der Waals surface area contributed by atoms with Gasteiger partial charge in [0.15, 0.2) is 0 Å². The van der Waals surface area contributed by atoms with Gasteiger partial charge in [0, 0.05) is 17.9 Å². The highest BCUT2D eigenvalue weighted by Gasteiger charge is 2.27. The molecule has 1 aromatic carbocycles. The van der Waals surface area contributed by atoms with E-state index in [0.29, 0.717) is 5.56 Å². The van der Waals surface area contributed by atoms with E-state index in [-0.39, 0.29) is 6.54 Å². The predicted octanol–water partition coefficient (Wildman–Crippen LogP) is 2.90. The first-order valence-electron chi connectivity index (χ1n) is 5.97. The number of halogens is 3. The molecule has 20 heavy (non-hydrogen) atoms. The minimum Gasteiger partial charge on any atom is -0.387 e. The summed E-state index contributed by atoms with van der Waals surface area (Å²) < 4.78 is 35.8. The van der Waals surface area contributed by atoms with Crippen molar-refractivity contribution in [1.82, 2.24) is 5.32 Å². The summed E-state index contributed by atoms with van der Waals surface area (Å²) in [4.78, 5) is 12.2. The van der Waals surface area contributed by atoms with Gasteiger partial charge in [-0.15, -0.1) is 11.8 Å². The van der Waals surface area contributed by atoms with Crippen LogP contribution in [-0.2, 0) is 4.79 Å². The van der Waals surface area contributed by atoms with E-state index in [1.54, 1.807) is 23.9 Å². The number of benzene rings is 1. The maximum atomic E-state index is 11.9. The molecule has 0 saturated carbocycles. The van der Waals surface area contributed by atoms with Crippen LogP contribution >= 0.6 is 11.8 Å². The number of thioether (sulfide) groups is 1. The zero-order valence-electron chi connectivity index (χ0n) is 10.9. The Kier molecular flexibility index (Phi) is 6.35. The molecule has 1 rings (SSSR count). The molecule has 0 saturated heterocycles. The number of hydrogen-bond acceptors (Lipinski definition) is 3. The largest absolute Gasteiger partial charge is 0.389 e. The van der Waals surface area contributed by atoms with Crippen LogP contribution < -0.4 is 5.32 Å². The maximum absolute atomic E-state index is 11.9. The molecule has 0 bridgehead atoms. The lowest BCUT2D eigenvalue weighted by molar-refractivity contribution is -0.144.